The van der Waals surface area contributed by atoms with Crippen molar-refractivity contribution in [2.24, 2.45) is 0 Å². The van der Waals surface area contributed by atoms with Gasteiger partial charge in [0.15, 0.2) is 11.0 Å². The van der Waals surface area contributed by atoms with Crippen molar-refractivity contribution in [1.29, 1.82) is 0 Å². The molecule has 3 rings (SSSR count). The highest BCUT2D eigenvalue weighted by Gasteiger charge is 2.31. The van der Waals surface area contributed by atoms with Crippen molar-refractivity contribution < 1.29 is 14.3 Å². The number of hydrogen-bond donors (Lipinski definition) is 2. The normalized spacial score (nSPS) is 16.4. The first-order valence-corrected chi connectivity index (χ1v) is 10.7. The van der Waals surface area contributed by atoms with Gasteiger partial charge in [0.2, 0.25) is 0 Å². The van der Waals surface area contributed by atoms with Crippen LogP contribution in [-0.4, -0.2) is 45.2 Å². The molecule has 2 heterocycles. The minimum atomic E-state index is -0.413. The SMILES string of the molecule is CCOC(=O)C1=C(CSc2nnc(-c3ccccc3)n2CC)NC(=O)N[C@H]1CC. The van der Waals surface area contributed by atoms with Crippen LogP contribution < -0.4 is 10.6 Å². The van der Waals surface area contributed by atoms with Crippen LogP contribution in [0.2, 0.25) is 0 Å². The maximum Gasteiger partial charge on any atom is 0.337 e. The molecule has 1 aliphatic rings. The number of carbonyl (C=O) groups excluding carboxylic acids is 2. The Morgan fingerprint density at radius 3 is 2.62 bits per heavy atom. The van der Waals surface area contributed by atoms with Crippen LogP contribution >= 0.6 is 11.8 Å². The van der Waals surface area contributed by atoms with Gasteiger partial charge in [0.1, 0.15) is 0 Å². The van der Waals surface area contributed by atoms with Gasteiger partial charge in [-0.25, -0.2) is 9.59 Å². The van der Waals surface area contributed by atoms with Crippen molar-refractivity contribution >= 4 is 23.8 Å². The second-order valence-corrected chi connectivity index (χ2v) is 7.32. The predicted octanol–water partition coefficient (Wildman–Crippen LogP) is 2.97. The van der Waals surface area contributed by atoms with Crippen molar-refractivity contribution in [3.63, 3.8) is 0 Å². The second kappa shape index (κ2) is 9.60. The van der Waals surface area contributed by atoms with Crippen LogP contribution in [0, 0.1) is 0 Å². The van der Waals surface area contributed by atoms with Gasteiger partial charge in [0.25, 0.3) is 0 Å². The maximum absolute atomic E-state index is 12.5. The first kappa shape index (κ1) is 20.9. The monoisotopic (exact) mass is 415 g/mol. The lowest BCUT2D eigenvalue weighted by atomic mass is 10.0. The van der Waals surface area contributed by atoms with E-state index < -0.39 is 5.97 Å². The Morgan fingerprint density at radius 1 is 1.21 bits per heavy atom. The van der Waals surface area contributed by atoms with Crippen molar-refractivity contribution in [2.75, 3.05) is 12.4 Å². The molecule has 1 aromatic carbocycles. The molecule has 0 fully saturated rings. The van der Waals surface area contributed by atoms with Gasteiger partial charge in [0.05, 0.1) is 18.2 Å². The smallest absolute Gasteiger partial charge is 0.337 e. The van der Waals surface area contributed by atoms with Crippen LogP contribution in [0.15, 0.2) is 46.8 Å². The summed E-state index contributed by atoms with van der Waals surface area (Å²) in [5.74, 6) is 0.755. The van der Waals surface area contributed by atoms with Gasteiger partial charge in [0, 0.05) is 23.6 Å². The summed E-state index contributed by atoms with van der Waals surface area (Å²) >= 11 is 1.43. The number of benzene rings is 1. The molecule has 0 radical (unpaired) electrons. The van der Waals surface area contributed by atoms with E-state index in [9.17, 15) is 9.59 Å². The van der Waals surface area contributed by atoms with Crippen LogP contribution in [0.3, 0.4) is 0 Å². The maximum atomic E-state index is 12.5. The molecule has 0 unspecified atom stereocenters. The highest BCUT2D eigenvalue weighted by molar-refractivity contribution is 7.99. The number of nitrogens with one attached hydrogen (secondary N) is 2. The summed E-state index contributed by atoms with van der Waals surface area (Å²) in [7, 11) is 0. The second-order valence-electron chi connectivity index (χ2n) is 6.38. The fourth-order valence-corrected chi connectivity index (χ4v) is 4.16. The topological polar surface area (TPSA) is 98.1 Å². The largest absolute Gasteiger partial charge is 0.463 e. The molecule has 2 N–H and O–H groups in total. The first-order valence-electron chi connectivity index (χ1n) is 9.68. The Morgan fingerprint density at radius 2 is 1.97 bits per heavy atom. The Bertz CT molecular complexity index is 910. The zero-order valence-corrected chi connectivity index (χ0v) is 17.6. The average molecular weight is 416 g/mol. The quantitative estimate of drug-likeness (QED) is 0.508. The number of urea groups is 1. The number of nitrogens with zero attached hydrogens (tertiary/aromatic N) is 3. The highest BCUT2D eigenvalue weighted by Crippen LogP contribution is 2.27. The van der Waals surface area contributed by atoms with Gasteiger partial charge >= 0.3 is 12.0 Å². The summed E-state index contributed by atoms with van der Waals surface area (Å²) in [5.41, 5.74) is 2.00. The lowest BCUT2D eigenvalue weighted by Gasteiger charge is -2.28. The summed E-state index contributed by atoms with van der Waals surface area (Å²) in [6.07, 6.45) is 0.596. The molecule has 2 aromatic rings. The molecule has 29 heavy (non-hydrogen) atoms. The molecule has 0 spiro atoms. The van der Waals surface area contributed by atoms with E-state index in [1.165, 1.54) is 11.8 Å². The third-order valence-corrected chi connectivity index (χ3v) is 5.55. The van der Waals surface area contributed by atoms with E-state index >= 15 is 0 Å². The van der Waals surface area contributed by atoms with Crippen LogP contribution in [0.1, 0.15) is 27.2 Å². The van der Waals surface area contributed by atoms with E-state index in [1.807, 2.05) is 48.7 Å². The molecule has 0 aliphatic carbocycles. The molecule has 0 bridgehead atoms. The zero-order chi connectivity index (χ0) is 20.8. The van der Waals surface area contributed by atoms with E-state index in [0.717, 1.165) is 16.5 Å². The highest BCUT2D eigenvalue weighted by atomic mass is 32.2. The van der Waals surface area contributed by atoms with Crippen LogP contribution in [0.25, 0.3) is 11.4 Å². The summed E-state index contributed by atoms with van der Waals surface area (Å²) in [5, 5.41) is 14.9. The van der Waals surface area contributed by atoms with Gasteiger partial charge in [-0.2, -0.15) is 0 Å². The van der Waals surface area contributed by atoms with Crippen LogP contribution in [0.4, 0.5) is 4.79 Å². The first-order chi connectivity index (χ1) is 14.1. The Hall–Kier alpha value is -2.81. The number of aromatic nitrogens is 3. The van der Waals surface area contributed by atoms with E-state index in [1.54, 1.807) is 6.92 Å². The summed E-state index contributed by atoms with van der Waals surface area (Å²) in [6, 6.07) is 9.17. The van der Waals surface area contributed by atoms with Crippen LogP contribution in [-0.2, 0) is 16.1 Å². The lowest BCUT2D eigenvalue weighted by molar-refractivity contribution is -0.139. The van der Waals surface area contributed by atoms with Gasteiger partial charge < -0.3 is 19.9 Å². The number of esters is 1. The Balaban J connectivity index is 1.87. The molecule has 0 saturated carbocycles. The number of ether oxygens (including phenoxy) is 1. The molecule has 2 amide bonds. The van der Waals surface area contributed by atoms with Crippen molar-refractivity contribution in [2.45, 2.75) is 44.9 Å². The molecule has 1 aromatic heterocycles. The average Bonchev–Trinajstić information content (AvgIpc) is 3.15. The minimum Gasteiger partial charge on any atom is -0.463 e. The van der Waals surface area contributed by atoms with Crippen molar-refractivity contribution in [1.82, 2.24) is 25.4 Å². The fraction of sp³-hybridized carbons (Fsp3) is 0.400. The lowest BCUT2D eigenvalue weighted by Crippen LogP contribution is -2.50. The Kier molecular flexibility index (Phi) is 6.92. The number of amides is 2. The standard InChI is InChI=1S/C20H25N5O3S/c1-4-14-16(18(26)28-6-3)15(22-19(27)21-14)12-29-20-24-23-17(25(20)5-2)13-10-8-7-9-11-13/h7-11,14H,4-6,12H2,1-3H3,(H2,21,22,27)/t14-/m0/s1. The minimum absolute atomic E-state index is 0.276. The molecule has 1 atom stereocenters. The third-order valence-electron chi connectivity index (χ3n) is 4.56. The van der Waals surface area contributed by atoms with Gasteiger partial charge in [-0.3, -0.25) is 0 Å². The van der Waals surface area contributed by atoms with E-state index in [4.69, 9.17) is 4.74 Å². The number of hydrogen-bond acceptors (Lipinski definition) is 6. The third kappa shape index (κ3) is 4.61. The summed E-state index contributed by atoms with van der Waals surface area (Å²) in [4.78, 5) is 24.5. The van der Waals surface area contributed by atoms with Crippen molar-refractivity contribution in [3.8, 4) is 11.4 Å². The fourth-order valence-electron chi connectivity index (χ4n) is 3.19. The summed E-state index contributed by atoms with van der Waals surface area (Å²) in [6.45, 7) is 6.69. The van der Waals surface area contributed by atoms with Crippen molar-refractivity contribution in [3.05, 3.63) is 41.6 Å². The van der Waals surface area contributed by atoms with Gasteiger partial charge in [-0.1, -0.05) is 49.0 Å². The molecule has 1 aliphatic heterocycles. The molecular formula is C20H25N5O3S. The molecule has 9 heteroatoms. The molecule has 0 saturated heterocycles. The van der Waals surface area contributed by atoms with Gasteiger partial charge in [-0.15, -0.1) is 10.2 Å². The number of rotatable bonds is 8. The molecular weight excluding hydrogens is 390 g/mol. The van der Waals surface area contributed by atoms with E-state index in [0.29, 0.717) is 30.0 Å². The van der Waals surface area contributed by atoms with Crippen LogP contribution in [0.5, 0.6) is 0 Å². The molecule has 154 valence electrons. The van der Waals surface area contributed by atoms with E-state index in [2.05, 4.69) is 20.8 Å². The number of thioether (sulfide) groups is 1. The summed E-state index contributed by atoms with van der Waals surface area (Å²) < 4.78 is 7.23. The van der Waals surface area contributed by atoms with Gasteiger partial charge in [-0.05, 0) is 20.3 Å². The predicted molar refractivity (Wildman–Crippen MR) is 111 cm³/mol. The Labute approximate surface area is 174 Å². The van der Waals surface area contributed by atoms with E-state index in [-0.39, 0.29) is 18.7 Å². The number of carbonyl (C=O) groups is 2. The zero-order valence-electron chi connectivity index (χ0n) is 16.8. The molecule has 8 nitrogen and oxygen atoms in total.